The first kappa shape index (κ1) is 23.4. The summed E-state index contributed by atoms with van der Waals surface area (Å²) in [6.45, 7) is 1.22. The fourth-order valence-electron chi connectivity index (χ4n) is 4.46. The van der Waals surface area contributed by atoms with Crippen molar-refractivity contribution in [2.75, 3.05) is 43.5 Å². The van der Waals surface area contributed by atoms with Crippen LogP contribution in [0, 0.1) is 11.6 Å². The maximum atomic E-state index is 14.4. The lowest BCUT2D eigenvalue weighted by Gasteiger charge is -2.31. The van der Waals surface area contributed by atoms with Crippen molar-refractivity contribution in [3.05, 3.63) is 47.5 Å². The maximum absolute atomic E-state index is 14.4. The first-order valence-electron chi connectivity index (χ1n) is 11.0. The minimum absolute atomic E-state index is 0.0744. The monoisotopic (exact) mass is 479 g/mol. The molecule has 1 amide bonds. The van der Waals surface area contributed by atoms with Crippen LogP contribution >= 0.6 is 0 Å². The zero-order valence-electron chi connectivity index (χ0n) is 18.4. The third-order valence-electron chi connectivity index (χ3n) is 6.03. The largest absolute Gasteiger partial charge is 0.495 e. The number of nitrogens with zero attached hydrogens (tertiary/aromatic N) is 2. The number of ether oxygens (including phenoxy) is 1. The molecular formula is C23H27F2N3O4S. The van der Waals surface area contributed by atoms with Crippen LogP contribution in [0.15, 0.2) is 35.2 Å². The van der Waals surface area contributed by atoms with Crippen LogP contribution in [0.3, 0.4) is 0 Å². The van der Waals surface area contributed by atoms with Gasteiger partial charge in [-0.3, -0.25) is 4.79 Å². The van der Waals surface area contributed by atoms with E-state index in [4.69, 9.17) is 4.74 Å². The smallest absolute Gasteiger partial charge is 0.243 e. The third kappa shape index (κ3) is 4.96. The lowest BCUT2D eigenvalue weighted by molar-refractivity contribution is -0.115. The summed E-state index contributed by atoms with van der Waals surface area (Å²) in [7, 11) is -2.27. The molecule has 1 saturated heterocycles. The number of anilines is 2. The molecule has 0 aromatic heterocycles. The summed E-state index contributed by atoms with van der Waals surface area (Å²) in [5, 5.41) is 2.70. The lowest BCUT2D eigenvalue weighted by atomic mass is 10.0. The van der Waals surface area contributed by atoms with Gasteiger partial charge in [0.2, 0.25) is 15.9 Å². The second-order valence-electron chi connectivity index (χ2n) is 8.30. The molecule has 1 fully saturated rings. The van der Waals surface area contributed by atoms with E-state index in [0.29, 0.717) is 43.8 Å². The molecule has 0 atom stereocenters. The topological polar surface area (TPSA) is 79.0 Å². The van der Waals surface area contributed by atoms with Gasteiger partial charge in [0.1, 0.15) is 17.4 Å². The average Bonchev–Trinajstić information content (AvgIpc) is 2.79. The van der Waals surface area contributed by atoms with E-state index in [0.717, 1.165) is 25.3 Å². The lowest BCUT2D eigenvalue weighted by Crippen LogP contribution is -2.37. The molecule has 0 unspecified atom stereocenters. The van der Waals surface area contributed by atoms with Gasteiger partial charge in [-0.05, 0) is 55.5 Å². The number of halogens is 2. The highest BCUT2D eigenvalue weighted by molar-refractivity contribution is 7.89. The summed E-state index contributed by atoms with van der Waals surface area (Å²) in [5.41, 5.74) is 0.974. The summed E-state index contributed by atoms with van der Waals surface area (Å²) in [6.07, 6.45) is 3.83. The summed E-state index contributed by atoms with van der Waals surface area (Å²) >= 11 is 0. The van der Waals surface area contributed by atoms with Crippen molar-refractivity contribution in [3.8, 4) is 5.75 Å². The quantitative estimate of drug-likeness (QED) is 0.686. The highest BCUT2D eigenvalue weighted by Gasteiger charge is 2.28. The van der Waals surface area contributed by atoms with E-state index in [1.807, 2.05) is 0 Å². The van der Waals surface area contributed by atoms with Crippen LogP contribution in [0.1, 0.15) is 31.2 Å². The molecule has 2 aliphatic heterocycles. The van der Waals surface area contributed by atoms with Gasteiger partial charge in [-0.25, -0.2) is 17.2 Å². The van der Waals surface area contributed by atoms with Crippen LogP contribution in [0.2, 0.25) is 0 Å². The van der Waals surface area contributed by atoms with Crippen LogP contribution in [0.5, 0.6) is 5.75 Å². The van der Waals surface area contributed by atoms with Gasteiger partial charge in [-0.1, -0.05) is 6.42 Å². The van der Waals surface area contributed by atoms with E-state index >= 15 is 0 Å². The molecule has 4 rings (SSSR count). The number of fused-ring (bicyclic) bond motifs is 1. The Morgan fingerprint density at radius 2 is 1.82 bits per heavy atom. The van der Waals surface area contributed by atoms with Gasteiger partial charge in [0.15, 0.2) is 0 Å². The SMILES string of the molecule is COc1ccc(S(=O)(=O)N2CCCCC2)cc1NC(=O)CN1CCCc2cc(F)cc(F)c21. The summed E-state index contributed by atoms with van der Waals surface area (Å²) in [4.78, 5) is 14.5. The number of sulfonamides is 1. The van der Waals surface area contributed by atoms with Crippen LogP contribution in [0.4, 0.5) is 20.2 Å². The van der Waals surface area contributed by atoms with Crippen LogP contribution in [-0.4, -0.2) is 51.9 Å². The van der Waals surface area contributed by atoms with Crippen LogP contribution < -0.4 is 15.0 Å². The number of nitrogens with one attached hydrogen (secondary N) is 1. The van der Waals surface area contributed by atoms with E-state index < -0.39 is 27.6 Å². The minimum atomic E-state index is -3.69. The summed E-state index contributed by atoms with van der Waals surface area (Å²) in [6, 6.07) is 6.46. The number of hydrogen-bond acceptors (Lipinski definition) is 5. The standard InChI is InChI=1S/C23H27F2N3O4S/c1-32-21-8-7-18(33(30,31)28-10-3-2-4-11-28)14-20(21)26-22(29)15-27-9-5-6-16-12-17(24)13-19(25)23(16)27/h7-8,12-14H,2-6,9-11,15H2,1H3,(H,26,29). The Balaban J connectivity index is 1.55. The predicted molar refractivity (Wildman–Crippen MR) is 121 cm³/mol. The molecule has 0 aliphatic carbocycles. The number of aryl methyl sites for hydroxylation is 1. The Hall–Kier alpha value is -2.72. The van der Waals surface area contributed by atoms with E-state index in [1.54, 1.807) is 4.90 Å². The number of carbonyl (C=O) groups excluding carboxylic acids is 1. The number of carbonyl (C=O) groups is 1. The zero-order valence-corrected chi connectivity index (χ0v) is 19.3. The Labute approximate surface area is 192 Å². The second kappa shape index (κ2) is 9.64. The molecule has 2 heterocycles. The van der Waals surface area contributed by atoms with Gasteiger partial charge in [0.05, 0.1) is 29.9 Å². The Morgan fingerprint density at radius 3 is 2.55 bits per heavy atom. The van der Waals surface area contributed by atoms with Gasteiger partial charge < -0.3 is 15.0 Å². The molecule has 2 aromatic carbocycles. The molecule has 178 valence electrons. The molecular weight excluding hydrogens is 452 g/mol. The highest BCUT2D eigenvalue weighted by Crippen LogP contribution is 2.32. The fourth-order valence-corrected chi connectivity index (χ4v) is 6.00. The molecule has 33 heavy (non-hydrogen) atoms. The predicted octanol–water partition coefficient (Wildman–Crippen LogP) is 3.54. The minimum Gasteiger partial charge on any atom is -0.495 e. The number of amides is 1. The number of piperidine rings is 1. The molecule has 10 heteroatoms. The van der Waals surface area contributed by atoms with E-state index in [-0.39, 0.29) is 22.8 Å². The second-order valence-corrected chi connectivity index (χ2v) is 10.2. The normalized spacial score (nSPS) is 16.9. The Kier molecular flexibility index (Phi) is 6.85. The summed E-state index contributed by atoms with van der Waals surface area (Å²) < 4.78 is 60.8. The average molecular weight is 480 g/mol. The molecule has 2 aliphatic rings. The number of methoxy groups -OCH3 is 1. The van der Waals surface area contributed by atoms with Crippen molar-refractivity contribution >= 4 is 27.3 Å². The summed E-state index contributed by atoms with van der Waals surface area (Å²) in [5.74, 6) is -1.50. The van der Waals surface area contributed by atoms with E-state index in [1.165, 1.54) is 35.7 Å². The van der Waals surface area contributed by atoms with Gasteiger partial charge in [0.25, 0.3) is 0 Å². The fraction of sp³-hybridized carbons (Fsp3) is 0.435. The molecule has 2 aromatic rings. The van der Waals surface area contributed by atoms with E-state index in [2.05, 4.69) is 5.32 Å². The van der Waals surface area contributed by atoms with Gasteiger partial charge in [-0.15, -0.1) is 0 Å². The number of benzene rings is 2. The van der Waals surface area contributed by atoms with Gasteiger partial charge in [-0.2, -0.15) is 4.31 Å². The third-order valence-corrected chi connectivity index (χ3v) is 7.92. The van der Waals surface area contributed by atoms with Crippen molar-refractivity contribution in [2.45, 2.75) is 37.0 Å². The first-order chi connectivity index (χ1) is 15.8. The van der Waals surface area contributed by atoms with Crippen molar-refractivity contribution in [2.24, 2.45) is 0 Å². The van der Waals surface area contributed by atoms with Crippen LogP contribution in [0.25, 0.3) is 0 Å². The van der Waals surface area contributed by atoms with Crippen LogP contribution in [-0.2, 0) is 21.2 Å². The van der Waals surface area contributed by atoms with Gasteiger partial charge in [0, 0.05) is 25.7 Å². The zero-order chi connectivity index (χ0) is 23.6. The maximum Gasteiger partial charge on any atom is 0.243 e. The number of rotatable bonds is 6. The molecule has 0 saturated carbocycles. The Morgan fingerprint density at radius 1 is 1.06 bits per heavy atom. The molecule has 1 N–H and O–H groups in total. The molecule has 7 nitrogen and oxygen atoms in total. The molecule has 0 radical (unpaired) electrons. The Bertz CT molecular complexity index is 1150. The van der Waals surface area contributed by atoms with Crippen molar-refractivity contribution in [1.29, 1.82) is 0 Å². The first-order valence-corrected chi connectivity index (χ1v) is 12.4. The van der Waals surface area contributed by atoms with Gasteiger partial charge >= 0.3 is 0 Å². The van der Waals surface area contributed by atoms with E-state index in [9.17, 15) is 22.0 Å². The van der Waals surface area contributed by atoms with Crippen molar-refractivity contribution < 1.29 is 26.7 Å². The molecule has 0 bridgehead atoms. The van der Waals surface area contributed by atoms with Crippen molar-refractivity contribution in [1.82, 2.24) is 4.31 Å². The van der Waals surface area contributed by atoms with Crippen molar-refractivity contribution in [3.63, 3.8) is 0 Å². The highest BCUT2D eigenvalue weighted by atomic mass is 32.2. The number of hydrogen-bond donors (Lipinski definition) is 1. The molecule has 0 spiro atoms.